The third kappa shape index (κ3) is 2.16. The Morgan fingerprint density at radius 2 is 2.07 bits per heavy atom. The van der Waals surface area contributed by atoms with E-state index in [1.165, 1.54) is 0 Å². The molecule has 1 aliphatic rings. The molecule has 0 radical (unpaired) electrons. The Balaban J connectivity index is 2.09. The van der Waals surface area contributed by atoms with Gasteiger partial charge in [-0.1, -0.05) is 28.1 Å². The summed E-state index contributed by atoms with van der Waals surface area (Å²) in [6, 6.07) is 7.90. The molecule has 1 fully saturated rings. The minimum absolute atomic E-state index is 0.321. The highest BCUT2D eigenvalue weighted by Gasteiger charge is 2.23. The van der Waals surface area contributed by atoms with Crippen molar-refractivity contribution in [3.63, 3.8) is 0 Å². The van der Waals surface area contributed by atoms with Gasteiger partial charge in [-0.05, 0) is 30.7 Å². The number of aliphatic hydroxyl groups is 1. The fraction of sp³-hybridized carbons (Fsp3) is 0.455. The van der Waals surface area contributed by atoms with E-state index in [0.29, 0.717) is 5.92 Å². The molecular weight excluding hydrogens is 242 g/mol. The first-order valence-corrected chi connectivity index (χ1v) is 5.71. The van der Waals surface area contributed by atoms with Gasteiger partial charge in [0, 0.05) is 16.9 Å². The molecule has 1 saturated heterocycles. The molecule has 2 rings (SSSR count). The highest BCUT2D eigenvalue weighted by molar-refractivity contribution is 9.10. The van der Waals surface area contributed by atoms with Crippen LogP contribution in [0.5, 0.6) is 0 Å². The first-order valence-electron chi connectivity index (χ1n) is 4.91. The molecule has 1 aromatic rings. The lowest BCUT2D eigenvalue weighted by Gasteiger charge is -2.17. The fourth-order valence-electron chi connectivity index (χ4n) is 1.88. The second-order valence-electron chi connectivity index (χ2n) is 3.75. The molecule has 0 aliphatic carbocycles. The zero-order valence-corrected chi connectivity index (χ0v) is 9.50. The maximum Gasteiger partial charge on any atom is 0.0830 e. The number of rotatable bonds is 2. The van der Waals surface area contributed by atoms with E-state index in [-0.39, 0.29) is 6.10 Å². The molecule has 1 aromatic carbocycles. The Kier molecular flexibility index (Phi) is 3.21. The van der Waals surface area contributed by atoms with Gasteiger partial charge in [0.15, 0.2) is 0 Å². The third-order valence-electron chi connectivity index (χ3n) is 2.76. The monoisotopic (exact) mass is 255 g/mol. The summed E-state index contributed by atoms with van der Waals surface area (Å²) in [4.78, 5) is 0. The van der Waals surface area contributed by atoms with Crippen LogP contribution in [0.15, 0.2) is 28.7 Å². The molecule has 0 saturated carbocycles. The van der Waals surface area contributed by atoms with Crippen molar-refractivity contribution in [3.8, 4) is 0 Å². The van der Waals surface area contributed by atoms with Crippen molar-refractivity contribution in [1.82, 2.24) is 5.32 Å². The Morgan fingerprint density at radius 3 is 2.64 bits per heavy atom. The predicted molar refractivity (Wildman–Crippen MR) is 60.1 cm³/mol. The molecule has 0 bridgehead atoms. The van der Waals surface area contributed by atoms with Crippen LogP contribution in [0.25, 0.3) is 0 Å². The number of benzene rings is 1. The Morgan fingerprint density at radius 1 is 1.36 bits per heavy atom. The standard InChI is InChI=1S/C11H14BrNO/c12-10-3-1-8(2-4-10)11(14)9-5-6-13-7-9/h1-4,9,11,13-14H,5-7H2. The number of aliphatic hydroxyl groups excluding tert-OH is 1. The summed E-state index contributed by atoms with van der Waals surface area (Å²) >= 11 is 3.38. The normalized spacial score (nSPS) is 23.7. The van der Waals surface area contributed by atoms with Crippen LogP contribution in [-0.4, -0.2) is 18.2 Å². The van der Waals surface area contributed by atoms with E-state index in [0.717, 1.165) is 29.5 Å². The third-order valence-corrected chi connectivity index (χ3v) is 3.29. The second-order valence-corrected chi connectivity index (χ2v) is 4.66. The van der Waals surface area contributed by atoms with E-state index in [9.17, 15) is 5.11 Å². The quantitative estimate of drug-likeness (QED) is 0.849. The van der Waals surface area contributed by atoms with Crippen LogP contribution < -0.4 is 5.32 Å². The number of nitrogens with one attached hydrogen (secondary N) is 1. The summed E-state index contributed by atoms with van der Waals surface area (Å²) < 4.78 is 1.05. The van der Waals surface area contributed by atoms with Gasteiger partial charge in [0.2, 0.25) is 0 Å². The molecule has 2 unspecified atom stereocenters. The molecule has 2 atom stereocenters. The van der Waals surface area contributed by atoms with Gasteiger partial charge in [-0.25, -0.2) is 0 Å². The highest BCUT2D eigenvalue weighted by Crippen LogP contribution is 2.27. The summed E-state index contributed by atoms with van der Waals surface area (Å²) in [5.41, 5.74) is 1.02. The molecule has 2 nitrogen and oxygen atoms in total. The van der Waals surface area contributed by atoms with Crippen LogP contribution in [0.4, 0.5) is 0 Å². The topological polar surface area (TPSA) is 32.3 Å². The van der Waals surface area contributed by atoms with Crippen molar-refractivity contribution in [2.24, 2.45) is 5.92 Å². The predicted octanol–water partition coefficient (Wildman–Crippen LogP) is 2.09. The Bertz CT molecular complexity index is 293. The summed E-state index contributed by atoms with van der Waals surface area (Å²) in [7, 11) is 0. The fourth-order valence-corrected chi connectivity index (χ4v) is 2.14. The SMILES string of the molecule is OC(c1ccc(Br)cc1)C1CCNC1. The highest BCUT2D eigenvalue weighted by atomic mass is 79.9. The lowest BCUT2D eigenvalue weighted by molar-refractivity contribution is 0.118. The molecule has 0 amide bonds. The molecule has 76 valence electrons. The molecule has 1 heterocycles. The average Bonchev–Trinajstić information content (AvgIpc) is 2.71. The summed E-state index contributed by atoms with van der Waals surface area (Å²) in [5.74, 6) is 0.371. The van der Waals surface area contributed by atoms with Gasteiger partial charge in [0.25, 0.3) is 0 Å². The number of hydrogen-bond acceptors (Lipinski definition) is 2. The molecule has 14 heavy (non-hydrogen) atoms. The first-order chi connectivity index (χ1) is 6.77. The minimum atomic E-state index is -0.321. The lowest BCUT2D eigenvalue weighted by atomic mass is 9.95. The van der Waals surface area contributed by atoms with Gasteiger partial charge in [-0.3, -0.25) is 0 Å². The zero-order valence-electron chi connectivity index (χ0n) is 7.91. The average molecular weight is 256 g/mol. The van der Waals surface area contributed by atoms with Crippen molar-refractivity contribution >= 4 is 15.9 Å². The van der Waals surface area contributed by atoms with Crippen LogP contribution in [-0.2, 0) is 0 Å². The van der Waals surface area contributed by atoms with Crippen LogP contribution in [0.1, 0.15) is 18.1 Å². The van der Waals surface area contributed by atoms with Gasteiger partial charge in [-0.15, -0.1) is 0 Å². The lowest BCUT2D eigenvalue weighted by Crippen LogP contribution is -2.15. The summed E-state index contributed by atoms with van der Waals surface area (Å²) in [6.07, 6.45) is 0.745. The van der Waals surface area contributed by atoms with Gasteiger partial charge >= 0.3 is 0 Å². The number of hydrogen-bond donors (Lipinski definition) is 2. The van der Waals surface area contributed by atoms with Crippen LogP contribution in [0, 0.1) is 5.92 Å². The van der Waals surface area contributed by atoms with E-state index in [1.807, 2.05) is 24.3 Å². The molecule has 2 N–H and O–H groups in total. The molecule has 1 aliphatic heterocycles. The van der Waals surface area contributed by atoms with Crippen molar-refractivity contribution < 1.29 is 5.11 Å². The van der Waals surface area contributed by atoms with E-state index < -0.39 is 0 Å². The van der Waals surface area contributed by atoms with Gasteiger partial charge < -0.3 is 10.4 Å². The summed E-state index contributed by atoms with van der Waals surface area (Å²) in [6.45, 7) is 1.95. The molecular formula is C11H14BrNO. The Labute approximate surface area is 92.5 Å². The first kappa shape index (κ1) is 10.1. The van der Waals surface area contributed by atoms with Gasteiger partial charge in [0.1, 0.15) is 0 Å². The van der Waals surface area contributed by atoms with Gasteiger partial charge in [-0.2, -0.15) is 0 Å². The molecule has 3 heteroatoms. The smallest absolute Gasteiger partial charge is 0.0830 e. The minimum Gasteiger partial charge on any atom is -0.388 e. The second kappa shape index (κ2) is 4.43. The van der Waals surface area contributed by atoms with E-state index in [1.54, 1.807) is 0 Å². The van der Waals surface area contributed by atoms with Crippen LogP contribution in [0.2, 0.25) is 0 Å². The van der Waals surface area contributed by atoms with Crippen LogP contribution >= 0.6 is 15.9 Å². The molecule has 0 spiro atoms. The molecule has 0 aromatic heterocycles. The van der Waals surface area contributed by atoms with Crippen molar-refractivity contribution in [2.45, 2.75) is 12.5 Å². The Hall–Kier alpha value is -0.380. The number of halogens is 1. The summed E-state index contributed by atoms with van der Waals surface area (Å²) in [5, 5.41) is 13.3. The van der Waals surface area contributed by atoms with Gasteiger partial charge in [0.05, 0.1) is 6.10 Å². The largest absolute Gasteiger partial charge is 0.388 e. The van der Waals surface area contributed by atoms with Crippen molar-refractivity contribution in [3.05, 3.63) is 34.3 Å². The van der Waals surface area contributed by atoms with E-state index in [2.05, 4.69) is 21.2 Å². The maximum absolute atomic E-state index is 10.1. The zero-order chi connectivity index (χ0) is 9.97. The van der Waals surface area contributed by atoms with Crippen molar-refractivity contribution in [1.29, 1.82) is 0 Å². The maximum atomic E-state index is 10.1. The van der Waals surface area contributed by atoms with E-state index in [4.69, 9.17) is 0 Å². The van der Waals surface area contributed by atoms with Crippen molar-refractivity contribution in [2.75, 3.05) is 13.1 Å². The van der Waals surface area contributed by atoms with E-state index >= 15 is 0 Å². The van der Waals surface area contributed by atoms with Crippen LogP contribution in [0.3, 0.4) is 0 Å².